The zero-order valence-corrected chi connectivity index (χ0v) is 13.8. The van der Waals surface area contributed by atoms with Gasteiger partial charge < -0.3 is 20.9 Å². The number of allylic oxidation sites excluding steroid dienone is 1. The van der Waals surface area contributed by atoms with Crippen molar-refractivity contribution in [1.29, 1.82) is 0 Å². The van der Waals surface area contributed by atoms with Gasteiger partial charge in [0.05, 0.1) is 6.54 Å². The van der Waals surface area contributed by atoms with Crippen LogP contribution in [-0.2, 0) is 9.59 Å². The first-order chi connectivity index (χ1) is 10.1. The van der Waals surface area contributed by atoms with Gasteiger partial charge in [0.25, 0.3) is 0 Å². The molecule has 0 bridgehead atoms. The summed E-state index contributed by atoms with van der Waals surface area (Å²) in [4.78, 5) is 24.7. The predicted molar refractivity (Wildman–Crippen MR) is 85.9 cm³/mol. The summed E-state index contributed by atoms with van der Waals surface area (Å²) in [7, 11) is 1.82. The van der Waals surface area contributed by atoms with Gasteiger partial charge in [-0.2, -0.15) is 0 Å². The Labute approximate surface area is 128 Å². The molecule has 0 spiro atoms. The molecule has 0 aromatic rings. The first-order valence-electron chi connectivity index (χ1n) is 7.71. The van der Waals surface area contributed by atoms with E-state index < -0.39 is 0 Å². The van der Waals surface area contributed by atoms with Crippen molar-refractivity contribution in [2.45, 2.75) is 33.6 Å². The van der Waals surface area contributed by atoms with Crippen LogP contribution in [0.5, 0.6) is 0 Å². The fourth-order valence-corrected chi connectivity index (χ4v) is 1.90. The first-order valence-corrected chi connectivity index (χ1v) is 7.71. The fraction of sp³-hybridized carbons (Fsp3) is 0.733. The van der Waals surface area contributed by atoms with Gasteiger partial charge in [0, 0.05) is 51.5 Å². The number of amides is 1. The van der Waals surface area contributed by atoms with E-state index >= 15 is 0 Å². The molecule has 1 amide bonds. The van der Waals surface area contributed by atoms with Crippen molar-refractivity contribution < 1.29 is 9.59 Å². The summed E-state index contributed by atoms with van der Waals surface area (Å²) in [5.74, 6) is 0.276. The number of nitrogens with zero attached hydrogens (tertiary/aromatic N) is 1. The van der Waals surface area contributed by atoms with Crippen molar-refractivity contribution >= 4 is 11.7 Å². The van der Waals surface area contributed by atoms with E-state index in [4.69, 9.17) is 0 Å². The largest absolute Gasteiger partial charge is 0.390 e. The number of Topliss-reactive ketones (excluding diaryl/α,β-unsaturated/α-hetero) is 1. The predicted octanol–water partition coefficient (Wildman–Crippen LogP) is 0.464. The summed E-state index contributed by atoms with van der Waals surface area (Å²) >= 11 is 0. The normalized spacial score (nSPS) is 14.9. The molecule has 1 aliphatic heterocycles. The minimum Gasteiger partial charge on any atom is -0.390 e. The van der Waals surface area contributed by atoms with Gasteiger partial charge in [-0.15, -0.1) is 0 Å². The number of ketones is 1. The summed E-state index contributed by atoms with van der Waals surface area (Å²) < 4.78 is 0. The third-order valence-electron chi connectivity index (χ3n) is 3.03. The Morgan fingerprint density at radius 1 is 1.19 bits per heavy atom. The number of rotatable bonds is 7. The quantitative estimate of drug-likeness (QED) is 0.637. The van der Waals surface area contributed by atoms with Crippen LogP contribution in [0.25, 0.3) is 0 Å². The van der Waals surface area contributed by atoms with Gasteiger partial charge in [0.1, 0.15) is 5.78 Å². The summed E-state index contributed by atoms with van der Waals surface area (Å²) in [5, 5.41) is 9.19. The monoisotopic (exact) mass is 298 g/mol. The Hall–Kier alpha value is -1.56. The molecule has 0 atom stereocenters. The third-order valence-corrected chi connectivity index (χ3v) is 3.03. The van der Waals surface area contributed by atoms with Crippen molar-refractivity contribution in [3.8, 4) is 0 Å². The van der Waals surface area contributed by atoms with Gasteiger partial charge >= 0.3 is 0 Å². The lowest BCUT2D eigenvalue weighted by Crippen LogP contribution is -2.46. The van der Waals surface area contributed by atoms with E-state index in [0.717, 1.165) is 31.9 Å². The maximum Gasteiger partial charge on any atom is 0.223 e. The highest BCUT2D eigenvalue weighted by atomic mass is 16.2. The van der Waals surface area contributed by atoms with Crippen molar-refractivity contribution in [2.75, 3.05) is 39.8 Å². The van der Waals surface area contributed by atoms with E-state index in [0.29, 0.717) is 19.4 Å². The summed E-state index contributed by atoms with van der Waals surface area (Å²) in [5.41, 5.74) is 0.935. The smallest absolute Gasteiger partial charge is 0.223 e. The van der Waals surface area contributed by atoms with Gasteiger partial charge in [0.15, 0.2) is 0 Å². The third kappa shape index (κ3) is 9.07. The maximum atomic E-state index is 12.0. The van der Waals surface area contributed by atoms with E-state index in [1.54, 1.807) is 6.20 Å². The molecule has 0 unspecified atom stereocenters. The van der Waals surface area contributed by atoms with Crippen LogP contribution in [0.2, 0.25) is 0 Å². The minimum absolute atomic E-state index is 0.0867. The molecule has 0 radical (unpaired) electrons. The Morgan fingerprint density at radius 2 is 1.81 bits per heavy atom. The Morgan fingerprint density at radius 3 is 2.33 bits per heavy atom. The maximum absolute atomic E-state index is 12.0. The number of carbonyl (C=O) groups is 2. The minimum atomic E-state index is 0.0867. The second-order valence-electron chi connectivity index (χ2n) is 4.63. The van der Waals surface area contributed by atoms with Crippen LogP contribution in [0.1, 0.15) is 33.6 Å². The molecule has 0 aliphatic carbocycles. The zero-order chi connectivity index (χ0) is 16.1. The van der Waals surface area contributed by atoms with Gasteiger partial charge in [-0.1, -0.05) is 13.8 Å². The highest BCUT2D eigenvalue weighted by Gasteiger charge is 2.15. The average Bonchev–Trinajstić information content (AvgIpc) is 2.52. The van der Waals surface area contributed by atoms with Gasteiger partial charge in [-0.3, -0.25) is 9.59 Å². The van der Waals surface area contributed by atoms with Crippen molar-refractivity contribution in [2.24, 2.45) is 0 Å². The highest BCUT2D eigenvalue weighted by Crippen LogP contribution is 2.04. The number of nitrogens with one attached hydrogen (secondary N) is 3. The molecule has 21 heavy (non-hydrogen) atoms. The SMILES string of the molecule is CC.CN/C(=C\NCC(C)=O)CCC(=O)N1CCNCC1. The van der Waals surface area contributed by atoms with Crippen LogP contribution in [0, 0.1) is 0 Å². The molecule has 3 N–H and O–H groups in total. The molecule has 1 saturated heterocycles. The number of piperazine rings is 1. The second kappa shape index (κ2) is 12.2. The molecule has 1 heterocycles. The highest BCUT2D eigenvalue weighted by molar-refractivity contribution is 5.77. The molecule has 0 aromatic carbocycles. The van der Waals surface area contributed by atoms with Crippen LogP contribution >= 0.6 is 0 Å². The van der Waals surface area contributed by atoms with E-state index in [9.17, 15) is 9.59 Å². The van der Waals surface area contributed by atoms with Crippen molar-refractivity contribution in [3.63, 3.8) is 0 Å². The number of hydrogen-bond donors (Lipinski definition) is 3. The van der Waals surface area contributed by atoms with Gasteiger partial charge in [-0.05, 0) is 13.3 Å². The van der Waals surface area contributed by atoms with E-state index in [-0.39, 0.29) is 11.7 Å². The van der Waals surface area contributed by atoms with Gasteiger partial charge in [-0.25, -0.2) is 0 Å². The lowest BCUT2D eigenvalue weighted by Gasteiger charge is -2.27. The standard InChI is InChI=1S/C13H24N4O2.C2H6/c1-11(18)9-16-10-12(14-2)3-4-13(19)17-7-5-15-6-8-17;1-2/h10,14-16H,3-9H2,1-2H3;1-2H3/b12-10-;. The first kappa shape index (κ1) is 19.4. The summed E-state index contributed by atoms with van der Waals surface area (Å²) in [6.45, 7) is 9.19. The molecule has 1 rings (SSSR count). The van der Waals surface area contributed by atoms with Crippen LogP contribution in [-0.4, -0.2) is 56.4 Å². The number of hydrogen-bond acceptors (Lipinski definition) is 5. The molecule has 1 fully saturated rings. The number of carbonyl (C=O) groups excluding carboxylic acids is 2. The van der Waals surface area contributed by atoms with E-state index in [1.807, 2.05) is 25.8 Å². The summed E-state index contributed by atoms with van der Waals surface area (Å²) in [6, 6.07) is 0. The Kier molecular flexibility index (Phi) is 11.3. The molecule has 6 nitrogen and oxygen atoms in total. The van der Waals surface area contributed by atoms with E-state index in [1.165, 1.54) is 6.92 Å². The molecule has 6 heteroatoms. The van der Waals surface area contributed by atoms with E-state index in [2.05, 4.69) is 16.0 Å². The average molecular weight is 298 g/mol. The lowest BCUT2D eigenvalue weighted by atomic mass is 10.2. The summed E-state index contributed by atoms with van der Waals surface area (Å²) in [6.07, 6.45) is 2.92. The second-order valence-corrected chi connectivity index (χ2v) is 4.63. The van der Waals surface area contributed by atoms with Crippen LogP contribution in [0.4, 0.5) is 0 Å². The molecule has 0 aromatic heterocycles. The van der Waals surface area contributed by atoms with Crippen LogP contribution in [0.15, 0.2) is 11.9 Å². The molecular formula is C15H30N4O2. The Balaban J connectivity index is 0.00000191. The fourth-order valence-electron chi connectivity index (χ4n) is 1.90. The molecular weight excluding hydrogens is 268 g/mol. The van der Waals surface area contributed by atoms with Crippen molar-refractivity contribution in [3.05, 3.63) is 11.9 Å². The van der Waals surface area contributed by atoms with Crippen LogP contribution < -0.4 is 16.0 Å². The van der Waals surface area contributed by atoms with Gasteiger partial charge in [0.2, 0.25) is 5.91 Å². The Bertz CT molecular complexity index is 337. The lowest BCUT2D eigenvalue weighted by molar-refractivity contribution is -0.131. The molecule has 1 aliphatic rings. The van der Waals surface area contributed by atoms with Crippen molar-refractivity contribution in [1.82, 2.24) is 20.9 Å². The zero-order valence-electron chi connectivity index (χ0n) is 13.8. The molecule has 0 saturated carbocycles. The van der Waals surface area contributed by atoms with Crippen LogP contribution in [0.3, 0.4) is 0 Å². The molecule has 122 valence electrons. The topological polar surface area (TPSA) is 73.5 Å².